The van der Waals surface area contributed by atoms with Gasteiger partial charge >= 0.3 is 0 Å². The van der Waals surface area contributed by atoms with Gasteiger partial charge in [-0.3, -0.25) is 9.97 Å². The molecule has 1 aromatic heterocycles. The molecule has 3 nitrogen and oxygen atoms in total. The fourth-order valence-corrected chi connectivity index (χ4v) is 1.95. The molecule has 0 fully saturated rings. The normalized spacial score (nSPS) is 12.4. The van der Waals surface area contributed by atoms with E-state index in [0.717, 1.165) is 15.6 Å². The van der Waals surface area contributed by atoms with E-state index in [2.05, 4.69) is 25.9 Å². The van der Waals surface area contributed by atoms with Crippen molar-refractivity contribution in [1.82, 2.24) is 9.97 Å². The fraction of sp³-hybridized carbons (Fsp3) is 0.167. The molecule has 0 amide bonds. The Morgan fingerprint density at radius 3 is 2.81 bits per heavy atom. The lowest BCUT2D eigenvalue weighted by atomic mass is 10.0. The molecule has 82 valence electrons. The summed E-state index contributed by atoms with van der Waals surface area (Å²) in [6.07, 6.45) is 3.98. The van der Waals surface area contributed by atoms with E-state index >= 15 is 0 Å². The minimum absolute atomic E-state index is 0.550. The highest BCUT2D eigenvalue weighted by atomic mass is 79.9. The Hall–Kier alpha value is -1.26. The van der Waals surface area contributed by atoms with Gasteiger partial charge in [0.05, 0.1) is 11.9 Å². The molecule has 1 heterocycles. The summed E-state index contributed by atoms with van der Waals surface area (Å²) in [4.78, 5) is 8.04. The molecule has 0 spiro atoms. The van der Waals surface area contributed by atoms with Crippen molar-refractivity contribution in [3.63, 3.8) is 0 Å². The number of rotatable bonds is 2. The summed E-state index contributed by atoms with van der Waals surface area (Å²) in [5.41, 5.74) is 2.45. The Morgan fingerprint density at radius 2 is 2.12 bits per heavy atom. The monoisotopic (exact) mass is 278 g/mol. The fourth-order valence-electron chi connectivity index (χ4n) is 1.48. The van der Waals surface area contributed by atoms with Crippen LogP contribution >= 0.6 is 15.9 Å². The summed E-state index contributed by atoms with van der Waals surface area (Å²) >= 11 is 3.42. The molecule has 0 bridgehead atoms. The molecule has 0 aliphatic carbocycles. The molecule has 1 atom stereocenters. The minimum atomic E-state index is -0.747. The van der Waals surface area contributed by atoms with Crippen molar-refractivity contribution in [3.05, 3.63) is 58.1 Å². The zero-order chi connectivity index (χ0) is 11.5. The molecule has 1 unspecified atom stereocenters. The van der Waals surface area contributed by atoms with E-state index in [0.29, 0.717) is 5.69 Å². The van der Waals surface area contributed by atoms with Crippen molar-refractivity contribution in [2.75, 3.05) is 0 Å². The van der Waals surface area contributed by atoms with Crippen LogP contribution in [0.2, 0.25) is 0 Å². The van der Waals surface area contributed by atoms with Crippen molar-refractivity contribution in [3.8, 4) is 0 Å². The van der Waals surface area contributed by atoms with Crippen LogP contribution in [0.4, 0.5) is 0 Å². The molecule has 2 aromatic rings. The lowest BCUT2D eigenvalue weighted by molar-refractivity contribution is 0.214. The Kier molecular flexibility index (Phi) is 3.31. The maximum Gasteiger partial charge on any atom is 0.124 e. The number of hydrogen-bond acceptors (Lipinski definition) is 3. The highest BCUT2D eigenvalue weighted by Gasteiger charge is 2.14. The van der Waals surface area contributed by atoms with Gasteiger partial charge < -0.3 is 5.11 Å². The predicted octanol–water partition coefficient (Wildman–Crippen LogP) is 2.63. The Bertz CT molecular complexity index is 488. The summed E-state index contributed by atoms with van der Waals surface area (Å²) in [7, 11) is 0. The number of hydrogen-bond donors (Lipinski definition) is 1. The maximum atomic E-state index is 10.2. The average Bonchev–Trinajstić information content (AvgIpc) is 2.32. The van der Waals surface area contributed by atoms with E-state index in [1.54, 1.807) is 18.6 Å². The van der Waals surface area contributed by atoms with E-state index < -0.39 is 6.10 Å². The number of aryl methyl sites for hydroxylation is 1. The van der Waals surface area contributed by atoms with Crippen molar-refractivity contribution in [1.29, 1.82) is 0 Å². The second kappa shape index (κ2) is 4.72. The maximum absolute atomic E-state index is 10.2. The zero-order valence-electron chi connectivity index (χ0n) is 8.76. The highest BCUT2D eigenvalue weighted by Crippen LogP contribution is 2.27. The first-order valence-electron chi connectivity index (χ1n) is 4.88. The van der Waals surface area contributed by atoms with Crippen molar-refractivity contribution in [2.24, 2.45) is 0 Å². The molecule has 0 radical (unpaired) electrons. The molecular weight excluding hydrogens is 268 g/mol. The molecule has 0 aliphatic rings. The average molecular weight is 279 g/mol. The number of benzene rings is 1. The van der Waals surface area contributed by atoms with Gasteiger partial charge in [-0.1, -0.05) is 33.6 Å². The Balaban J connectivity index is 2.41. The highest BCUT2D eigenvalue weighted by molar-refractivity contribution is 9.10. The predicted molar refractivity (Wildman–Crippen MR) is 65.0 cm³/mol. The summed E-state index contributed by atoms with van der Waals surface area (Å²) in [5, 5.41) is 10.2. The number of aliphatic hydroxyl groups is 1. The van der Waals surface area contributed by atoms with Crippen LogP contribution in [0.3, 0.4) is 0 Å². The van der Waals surface area contributed by atoms with Crippen LogP contribution in [0.25, 0.3) is 0 Å². The third-order valence-corrected chi connectivity index (χ3v) is 3.03. The van der Waals surface area contributed by atoms with E-state index in [9.17, 15) is 5.11 Å². The van der Waals surface area contributed by atoms with Crippen molar-refractivity contribution >= 4 is 15.9 Å². The van der Waals surface area contributed by atoms with Gasteiger partial charge in [0, 0.05) is 22.4 Å². The van der Waals surface area contributed by atoms with Gasteiger partial charge in [0.25, 0.3) is 0 Å². The number of nitrogens with zero attached hydrogens (tertiary/aromatic N) is 2. The molecule has 0 saturated carbocycles. The van der Waals surface area contributed by atoms with Gasteiger partial charge in [0.15, 0.2) is 0 Å². The van der Waals surface area contributed by atoms with Crippen LogP contribution < -0.4 is 0 Å². The van der Waals surface area contributed by atoms with Crippen LogP contribution in [0.15, 0.2) is 41.3 Å². The molecule has 2 rings (SSSR count). The SMILES string of the molecule is Cc1ccc(Br)c(C(O)c2cnccn2)c1. The van der Waals surface area contributed by atoms with E-state index in [4.69, 9.17) is 0 Å². The standard InChI is InChI=1S/C12H11BrN2O/c1-8-2-3-10(13)9(6-8)12(16)11-7-14-4-5-15-11/h2-7,12,16H,1H3. The molecule has 4 heteroatoms. The molecule has 0 saturated heterocycles. The second-order valence-electron chi connectivity index (χ2n) is 3.56. The first-order chi connectivity index (χ1) is 7.68. The van der Waals surface area contributed by atoms with E-state index in [-0.39, 0.29) is 0 Å². The Morgan fingerprint density at radius 1 is 1.31 bits per heavy atom. The second-order valence-corrected chi connectivity index (χ2v) is 4.41. The minimum Gasteiger partial charge on any atom is -0.382 e. The lowest BCUT2D eigenvalue weighted by Crippen LogP contribution is -2.03. The quantitative estimate of drug-likeness (QED) is 0.919. The van der Waals surface area contributed by atoms with Crippen molar-refractivity contribution < 1.29 is 5.11 Å². The van der Waals surface area contributed by atoms with Gasteiger partial charge in [-0.2, -0.15) is 0 Å². The van der Waals surface area contributed by atoms with Gasteiger partial charge in [-0.05, 0) is 13.0 Å². The zero-order valence-corrected chi connectivity index (χ0v) is 10.3. The van der Waals surface area contributed by atoms with E-state index in [1.807, 2.05) is 25.1 Å². The topological polar surface area (TPSA) is 46.0 Å². The van der Waals surface area contributed by atoms with Crippen LogP contribution in [0.5, 0.6) is 0 Å². The molecule has 0 aliphatic heterocycles. The first kappa shape index (κ1) is 11.2. The van der Waals surface area contributed by atoms with Gasteiger partial charge in [-0.15, -0.1) is 0 Å². The van der Waals surface area contributed by atoms with Crippen LogP contribution in [0.1, 0.15) is 22.9 Å². The van der Waals surface area contributed by atoms with Gasteiger partial charge in [-0.25, -0.2) is 0 Å². The molecule has 16 heavy (non-hydrogen) atoms. The first-order valence-corrected chi connectivity index (χ1v) is 5.68. The van der Waals surface area contributed by atoms with Gasteiger partial charge in [0.2, 0.25) is 0 Å². The van der Waals surface area contributed by atoms with Crippen LogP contribution in [-0.4, -0.2) is 15.1 Å². The molecule has 1 N–H and O–H groups in total. The number of halogens is 1. The molecule has 1 aromatic carbocycles. The smallest absolute Gasteiger partial charge is 0.124 e. The van der Waals surface area contributed by atoms with Crippen molar-refractivity contribution in [2.45, 2.75) is 13.0 Å². The largest absolute Gasteiger partial charge is 0.382 e. The third-order valence-electron chi connectivity index (χ3n) is 2.31. The lowest BCUT2D eigenvalue weighted by Gasteiger charge is -2.12. The number of aliphatic hydroxyl groups excluding tert-OH is 1. The van der Waals surface area contributed by atoms with Crippen LogP contribution in [-0.2, 0) is 0 Å². The van der Waals surface area contributed by atoms with Crippen LogP contribution in [0, 0.1) is 6.92 Å². The Labute approximate surface area is 102 Å². The van der Waals surface area contributed by atoms with E-state index in [1.165, 1.54) is 0 Å². The summed E-state index contributed by atoms with van der Waals surface area (Å²) in [6, 6.07) is 5.84. The summed E-state index contributed by atoms with van der Waals surface area (Å²) < 4.78 is 0.872. The summed E-state index contributed by atoms with van der Waals surface area (Å²) in [5.74, 6) is 0. The summed E-state index contributed by atoms with van der Waals surface area (Å²) in [6.45, 7) is 1.99. The van der Waals surface area contributed by atoms with Gasteiger partial charge in [0.1, 0.15) is 6.10 Å². The molecular formula is C12H11BrN2O. The third kappa shape index (κ3) is 2.28. The number of aromatic nitrogens is 2.